The maximum atomic E-state index is 14.5. The molecule has 4 N–H and O–H groups in total. The molecule has 3 heterocycles. The van der Waals surface area contributed by atoms with Crippen LogP contribution in [0.25, 0.3) is 0 Å². The van der Waals surface area contributed by atoms with E-state index in [1.165, 1.54) is 18.9 Å². The normalized spacial score (nSPS) is 38.2. The monoisotopic (exact) mass is 998 g/mol. The molecule has 2 saturated heterocycles. The van der Waals surface area contributed by atoms with Crippen molar-refractivity contribution in [2.24, 2.45) is 52.8 Å². The number of hydrogen-bond donors (Lipinski definition) is 4. The SMILES string of the molecule is CO[C@@H]1C[C@H](C[C@@H](C)[C@@H]2CC(=O)[C@H](C)/C=C(\C)[C@@H](O)[C@@H](C)C(=O)[C@H](C)C[C@H](C)/C=C/C=C/C=C(\C)[C@@H](C)C[C@@H]3CC[C@@H](C)[C@@](O)(O3)C(=O)C(=O)N3CCCC[C@H]3C(=O)O2)CC[C@H]1OC(=O)C(C)(CO)CO. The van der Waals surface area contributed by atoms with Crippen LogP contribution in [-0.2, 0) is 47.7 Å². The lowest BCUT2D eigenvalue weighted by atomic mass is 9.78. The predicted molar refractivity (Wildman–Crippen MR) is 268 cm³/mol. The Morgan fingerprint density at radius 1 is 0.873 bits per heavy atom. The molecule has 0 spiro atoms. The average molecular weight is 998 g/mol. The summed E-state index contributed by atoms with van der Waals surface area (Å²) in [5, 5.41) is 42.9. The fourth-order valence-electron chi connectivity index (χ4n) is 10.7. The first-order valence-electron chi connectivity index (χ1n) is 26.3. The average Bonchev–Trinajstić information content (AvgIpc) is 3.35. The number of esters is 2. The molecule has 4 rings (SSSR count). The minimum Gasteiger partial charge on any atom is -0.460 e. The van der Waals surface area contributed by atoms with Gasteiger partial charge in [-0.3, -0.25) is 24.0 Å². The molecule has 0 aromatic rings. The molecule has 400 valence electrons. The van der Waals surface area contributed by atoms with Gasteiger partial charge in [-0.05, 0) is 121 Å². The molecule has 0 unspecified atom stereocenters. The molecular formula is C56H87NO14. The Kier molecular flexibility index (Phi) is 22.6. The lowest BCUT2D eigenvalue weighted by Crippen LogP contribution is -2.60. The summed E-state index contributed by atoms with van der Waals surface area (Å²) in [5.41, 5.74) is 0.0488. The summed E-state index contributed by atoms with van der Waals surface area (Å²) in [6, 6.07) is -1.17. The summed E-state index contributed by atoms with van der Waals surface area (Å²) in [6.07, 6.45) is 12.9. The van der Waals surface area contributed by atoms with Gasteiger partial charge >= 0.3 is 11.9 Å². The van der Waals surface area contributed by atoms with Crippen LogP contribution in [0.3, 0.4) is 0 Å². The van der Waals surface area contributed by atoms with Gasteiger partial charge in [0, 0.05) is 43.7 Å². The van der Waals surface area contributed by atoms with Crippen molar-refractivity contribution in [2.45, 2.75) is 189 Å². The zero-order valence-corrected chi connectivity index (χ0v) is 44.5. The highest BCUT2D eigenvalue weighted by atomic mass is 16.6. The number of rotatable bonds is 8. The molecule has 15 atom stereocenters. The van der Waals surface area contributed by atoms with Crippen LogP contribution >= 0.6 is 0 Å². The van der Waals surface area contributed by atoms with Crippen molar-refractivity contribution in [2.75, 3.05) is 26.9 Å². The topological polar surface area (TPSA) is 223 Å². The number of amides is 1. The lowest BCUT2D eigenvalue weighted by Gasteiger charge is -2.42. The first-order chi connectivity index (χ1) is 33.4. The number of aliphatic hydroxyl groups excluding tert-OH is 3. The van der Waals surface area contributed by atoms with Crippen LogP contribution in [0, 0.1) is 52.8 Å². The molecule has 15 heteroatoms. The third-order valence-corrected chi connectivity index (χ3v) is 16.1. The van der Waals surface area contributed by atoms with E-state index in [2.05, 4.69) is 0 Å². The Hall–Kier alpha value is -3.86. The van der Waals surface area contributed by atoms with Crippen molar-refractivity contribution < 1.29 is 68.1 Å². The smallest absolute Gasteiger partial charge is 0.329 e. The highest BCUT2D eigenvalue weighted by molar-refractivity contribution is 6.39. The fraction of sp³-hybridized carbons (Fsp3) is 0.750. The number of nitrogens with zero attached hydrogens (tertiary/aromatic N) is 1. The first-order valence-corrected chi connectivity index (χ1v) is 26.3. The first kappa shape index (κ1) is 59.7. The van der Waals surface area contributed by atoms with E-state index >= 15 is 0 Å². The minimum atomic E-state index is -2.40. The van der Waals surface area contributed by atoms with Gasteiger partial charge in [0.15, 0.2) is 0 Å². The summed E-state index contributed by atoms with van der Waals surface area (Å²) in [6.45, 7) is 16.9. The van der Waals surface area contributed by atoms with Crippen molar-refractivity contribution >= 4 is 35.2 Å². The Balaban J connectivity index is 1.67. The predicted octanol–water partition coefficient (Wildman–Crippen LogP) is 6.96. The molecule has 3 fully saturated rings. The van der Waals surface area contributed by atoms with Gasteiger partial charge in [-0.1, -0.05) is 90.5 Å². The quantitative estimate of drug-likeness (QED) is 0.110. The van der Waals surface area contributed by atoms with Crippen LogP contribution in [-0.4, -0.2) is 130 Å². The van der Waals surface area contributed by atoms with Crippen LogP contribution in [0.4, 0.5) is 0 Å². The minimum absolute atomic E-state index is 0.0160. The van der Waals surface area contributed by atoms with Crippen molar-refractivity contribution in [1.82, 2.24) is 4.90 Å². The number of aliphatic hydroxyl groups is 4. The van der Waals surface area contributed by atoms with E-state index in [9.17, 15) is 49.2 Å². The highest BCUT2D eigenvalue weighted by Crippen LogP contribution is 2.39. The number of methoxy groups -OCH3 is 1. The van der Waals surface area contributed by atoms with Gasteiger partial charge in [0.2, 0.25) is 5.79 Å². The Labute approximate surface area is 422 Å². The fourth-order valence-corrected chi connectivity index (χ4v) is 10.7. The second kappa shape index (κ2) is 26.9. The molecule has 2 bridgehead atoms. The van der Waals surface area contributed by atoms with Gasteiger partial charge in [-0.15, -0.1) is 0 Å². The number of carbonyl (C=O) groups excluding carboxylic acids is 6. The standard InChI is InChI=1S/C56H87NO14/c1-33-17-13-12-14-18-34(2)35(3)28-43-22-20-40(8)56(67,71-43)51(63)52(64)57-24-16-15-19-44(57)53(65)69-47(30-45(60)36(4)26-39(7)50(62)41(9)49(61)38(6)25-33)37(5)27-42-21-23-46(48(29-42)68-11)70-54(66)55(10,31-58)32-59/h12-14,17-18,26,33,35-38,40-44,46-48,50,58-59,62,67H,15-16,19-25,27-32H2,1-11H3/b14-12+,17-13+,34-18+,39-26+/t33-,35+,36-,37-,38-,40-,41+,42+,43+,44+,46-,47+,48-,50-,56-/m1/s1. The van der Waals surface area contributed by atoms with Crippen molar-refractivity contribution in [1.29, 1.82) is 0 Å². The number of hydrogen-bond acceptors (Lipinski definition) is 14. The number of carbonyl (C=O) groups is 6. The molecule has 1 amide bonds. The second-order valence-electron chi connectivity index (χ2n) is 22.2. The van der Waals surface area contributed by atoms with Crippen LogP contribution in [0.1, 0.15) is 146 Å². The zero-order chi connectivity index (χ0) is 53.0. The van der Waals surface area contributed by atoms with E-state index in [4.69, 9.17) is 18.9 Å². The molecule has 0 aromatic carbocycles. The van der Waals surface area contributed by atoms with Gasteiger partial charge in [-0.25, -0.2) is 4.79 Å². The van der Waals surface area contributed by atoms with E-state index in [1.54, 1.807) is 33.8 Å². The summed E-state index contributed by atoms with van der Waals surface area (Å²) < 4.78 is 24.1. The van der Waals surface area contributed by atoms with E-state index < -0.39 is 108 Å². The Morgan fingerprint density at radius 3 is 2.23 bits per heavy atom. The second-order valence-corrected chi connectivity index (χ2v) is 22.2. The van der Waals surface area contributed by atoms with Crippen molar-refractivity contribution in [3.8, 4) is 0 Å². The third-order valence-electron chi connectivity index (χ3n) is 16.1. The molecule has 0 radical (unpaired) electrons. The molecule has 15 nitrogen and oxygen atoms in total. The molecule has 1 saturated carbocycles. The van der Waals surface area contributed by atoms with Crippen LogP contribution < -0.4 is 0 Å². The van der Waals surface area contributed by atoms with Gasteiger partial charge in [0.25, 0.3) is 11.7 Å². The van der Waals surface area contributed by atoms with Gasteiger partial charge in [0.05, 0.1) is 31.5 Å². The lowest BCUT2D eigenvalue weighted by molar-refractivity contribution is -0.264. The zero-order valence-electron chi connectivity index (χ0n) is 44.5. The van der Waals surface area contributed by atoms with Crippen molar-refractivity contribution in [3.05, 3.63) is 47.6 Å². The summed E-state index contributed by atoms with van der Waals surface area (Å²) >= 11 is 0. The number of ketones is 3. The number of cyclic esters (lactones) is 1. The maximum absolute atomic E-state index is 14.5. The van der Waals surface area contributed by atoms with Crippen LogP contribution in [0.2, 0.25) is 0 Å². The number of Topliss-reactive ketones (excluding diaryl/α,β-unsaturated/α-hetero) is 3. The number of ether oxygens (including phenoxy) is 4. The van der Waals surface area contributed by atoms with Gasteiger partial charge < -0.3 is 44.3 Å². The highest BCUT2D eigenvalue weighted by Gasteiger charge is 2.53. The molecule has 1 aliphatic carbocycles. The van der Waals surface area contributed by atoms with Gasteiger partial charge in [-0.2, -0.15) is 0 Å². The van der Waals surface area contributed by atoms with Gasteiger partial charge in [0.1, 0.15) is 35.2 Å². The third kappa shape index (κ3) is 15.6. The van der Waals surface area contributed by atoms with Crippen molar-refractivity contribution in [3.63, 3.8) is 0 Å². The van der Waals surface area contributed by atoms with Crippen LogP contribution in [0.5, 0.6) is 0 Å². The summed E-state index contributed by atoms with van der Waals surface area (Å²) in [5.74, 6) is -9.27. The van der Waals surface area contributed by atoms with E-state index in [0.717, 1.165) is 5.57 Å². The largest absolute Gasteiger partial charge is 0.460 e. The number of piperidine rings is 1. The van der Waals surface area contributed by atoms with E-state index in [0.29, 0.717) is 69.8 Å². The Morgan fingerprint density at radius 2 is 1.56 bits per heavy atom. The molecule has 0 aromatic heterocycles. The van der Waals surface area contributed by atoms with E-state index in [1.807, 2.05) is 65.0 Å². The Bertz CT molecular complexity index is 1970. The molecule has 3 aliphatic heterocycles. The molecule has 71 heavy (non-hydrogen) atoms. The molecule has 4 aliphatic rings. The van der Waals surface area contributed by atoms with E-state index in [-0.39, 0.29) is 54.6 Å². The maximum Gasteiger partial charge on any atom is 0.329 e. The summed E-state index contributed by atoms with van der Waals surface area (Å²) in [4.78, 5) is 85.1. The molecular weight excluding hydrogens is 911 g/mol. The number of fused-ring (bicyclic) bond motifs is 3. The summed E-state index contributed by atoms with van der Waals surface area (Å²) in [7, 11) is 1.51. The number of allylic oxidation sites excluding steroid dienone is 7. The van der Waals surface area contributed by atoms with Crippen LogP contribution in [0.15, 0.2) is 47.6 Å².